The summed E-state index contributed by atoms with van der Waals surface area (Å²) in [7, 11) is -3.68. The Bertz CT molecular complexity index is 968. The lowest BCUT2D eigenvalue weighted by Crippen LogP contribution is -2.28. The van der Waals surface area contributed by atoms with Crippen molar-refractivity contribution in [3.63, 3.8) is 0 Å². The van der Waals surface area contributed by atoms with E-state index in [9.17, 15) is 13.2 Å². The predicted molar refractivity (Wildman–Crippen MR) is 110 cm³/mol. The molecule has 1 saturated heterocycles. The Kier molecular flexibility index (Phi) is 6.39. The van der Waals surface area contributed by atoms with Gasteiger partial charge in [-0.2, -0.15) is 4.31 Å². The lowest BCUT2D eigenvalue weighted by molar-refractivity contribution is 0.102. The zero-order chi connectivity index (χ0) is 20.1. The molecule has 1 fully saturated rings. The standard InChI is InChI=1S/C20H21ClN2O4S/c1-2-13-27-17-8-5-15(6-9-17)20(24)22-16-7-10-18(21)19(14-16)28(25,26)23-11-3-4-12-23/h2,5-10,14H,1,3-4,11-13H2,(H,22,24). The van der Waals surface area contributed by atoms with Crippen molar-refractivity contribution in [1.82, 2.24) is 4.31 Å². The van der Waals surface area contributed by atoms with Gasteiger partial charge in [0.1, 0.15) is 17.3 Å². The van der Waals surface area contributed by atoms with Crippen LogP contribution in [0.25, 0.3) is 0 Å². The van der Waals surface area contributed by atoms with Crippen molar-refractivity contribution >= 4 is 33.2 Å². The lowest BCUT2D eigenvalue weighted by Gasteiger charge is -2.17. The number of nitrogens with one attached hydrogen (secondary N) is 1. The van der Waals surface area contributed by atoms with Gasteiger partial charge in [0.05, 0.1) is 5.02 Å². The number of hydrogen-bond donors (Lipinski definition) is 1. The van der Waals surface area contributed by atoms with E-state index in [1.54, 1.807) is 36.4 Å². The van der Waals surface area contributed by atoms with Crippen LogP contribution in [0.5, 0.6) is 5.75 Å². The number of halogens is 1. The molecule has 0 radical (unpaired) electrons. The van der Waals surface area contributed by atoms with Crippen LogP contribution in [0.3, 0.4) is 0 Å². The maximum absolute atomic E-state index is 12.8. The zero-order valence-corrected chi connectivity index (χ0v) is 16.8. The van der Waals surface area contributed by atoms with Crippen molar-refractivity contribution < 1.29 is 17.9 Å². The molecule has 1 aliphatic heterocycles. The topological polar surface area (TPSA) is 75.7 Å². The molecule has 0 unspecified atom stereocenters. The molecule has 0 saturated carbocycles. The SMILES string of the molecule is C=CCOc1ccc(C(=O)Nc2ccc(Cl)c(S(=O)(=O)N3CCCC3)c2)cc1. The van der Waals surface area contributed by atoms with Gasteiger partial charge in [0.15, 0.2) is 0 Å². The second kappa shape index (κ2) is 8.77. The summed E-state index contributed by atoms with van der Waals surface area (Å²) in [4.78, 5) is 12.5. The summed E-state index contributed by atoms with van der Waals surface area (Å²) >= 11 is 6.13. The van der Waals surface area contributed by atoms with E-state index in [2.05, 4.69) is 11.9 Å². The van der Waals surface area contributed by atoms with Crippen LogP contribution < -0.4 is 10.1 Å². The number of ether oxygens (including phenoxy) is 1. The van der Waals surface area contributed by atoms with E-state index in [1.165, 1.54) is 16.4 Å². The number of carbonyl (C=O) groups is 1. The Labute approximate surface area is 169 Å². The highest BCUT2D eigenvalue weighted by atomic mass is 35.5. The van der Waals surface area contributed by atoms with Crippen LogP contribution in [0, 0.1) is 0 Å². The molecule has 0 spiro atoms. The largest absolute Gasteiger partial charge is 0.490 e. The maximum Gasteiger partial charge on any atom is 0.255 e. The fourth-order valence-electron chi connectivity index (χ4n) is 2.91. The maximum atomic E-state index is 12.8. The van der Waals surface area contributed by atoms with Gasteiger partial charge in [-0.05, 0) is 55.3 Å². The summed E-state index contributed by atoms with van der Waals surface area (Å²) in [6, 6.07) is 11.1. The van der Waals surface area contributed by atoms with E-state index in [-0.39, 0.29) is 15.8 Å². The Morgan fingerprint density at radius 3 is 2.50 bits per heavy atom. The molecule has 0 aromatic heterocycles. The summed E-state index contributed by atoms with van der Waals surface area (Å²) in [5.74, 6) is 0.268. The van der Waals surface area contributed by atoms with Gasteiger partial charge in [-0.3, -0.25) is 4.79 Å². The van der Waals surface area contributed by atoms with Gasteiger partial charge in [0.25, 0.3) is 5.91 Å². The molecular weight excluding hydrogens is 400 g/mol. The van der Waals surface area contributed by atoms with Crippen LogP contribution in [0.1, 0.15) is 23.2 Å². The van der Waals surface area contributed by atoms with Crippen molar-refractivity contribution in [2.75, 3.05) is 25.0 Å². The zero-order valence-electron chi connectivity index (χ0n) is 15.2. The minimum absolute atomic E-state index is 0.00189. The van der Waals surface area contributed by atoms with Crippen LogP contribution in [0.2, 0.25) is 5.02 Å². The second-order valence-electron chi connectivity index (χ2n) is 6.33. The number of rotatable bonds is 7. The predicted octanol–water partition coefficient (Wildman–Crippen LogP) is 3.94. The van der Waals surface area contributed by atoms with Gasteiger partial charge in [-0.15, -0.1) is 0 Å². The molecule has 0 bridgehead atoms. The van der Waals surface area contributed by atoms with Crippen LogP contribution in [-0.4, -0.2) is 38.3 Å². The molecule has 1 aliphatic rings. The number of carbonyl (C=O) groups excluding carboxylic acids is 1. The summed E-state index contributed by atoms with van der Waals surface area (Å²) < 4.78 is 32.4. The quantitative estimate of drug-likeness (QED) is 0.688. The Balaban J connectivity index is 1.77. The molecule has 6 nitrogen and oxygen atoms in total. The molecule has 1 N–H and O–H groups in total. The summed E-state index contributed by atoms with van der Waals surface area (Å²) in [6.07, 6.45) is 3.30. The first kappa shape index (κ1) is 20.4. The van der Waals surface area contributed by atoms with Crippen molar-refractivity contribution in [2.45, 2.75) is 17.7 Å². The normalized spacial score (nSPS) is 14.6. The van der Waals surface area contributed by atoms with Crippen LogP contribution >= 0.6 is 11.6 Å². The lowest BCUT2D eigenvalue weighted by atomic mass is 10.2. The summed E-state index contributed by atoms with van der Waals surface area (Å²) in [5, 5.41) is 2.85. The smallest absolute Gasteiger partial charge is 0.255 e. The molecule has 0 atom stereocenters. The molecular formula is C20H21ClN2O4S. The molecule has 1 amide bonds. The number of nitrogens with zero attached hydrogens (tertiary/aromatic N) is 1. The van der Waals surface area contributed by atoms with Crippen molar-refractivity contribution in [3.05, 3.63) is 65.7 Å². The third-order valence-electron chi connectivity index (χ3n) is 4.36. The minimum atomic E-state index is -3.68. The van der Waals surface area contributed by atoms with E-state index in [4.69, 9.17) is 16.3 Å². The fraction of sp³-hybridized carbons (Fsp3) is 0.250. The van der Waals surface area contributed by atoms with E-state index in [1.807, 2.05) is 0 Å². The molecule has 2 aromatic carbocycles. The third kappa shape index (κ3) is 4.55. The molecule has 1 heterocycles. The van der Waals surface area contributed by atoms with Gasteiger partial charge in [0.2, 0.25) is 10.0 Å². The van der Waals surface area contributed by atoms with Gasteiger partial charge < -0.3 is 10.1 Å². The highest BCUT2D eigenvalue weighted by Crippen LogP contribution is 2.29. The van der Waals surface area contributed by atoms with Crippen molar-refractivity contribution in [2.24, 2.45) is 0 Å². The van der Waals surface area contributed by atoms with Crippen LogP contribution in [0.4, 0.5) is 5.69 Å². The Hall–Kier alpha value is -2.35. The summed E-state index contributed by atoms with van der Waals surface area (Å²) in [6.45, 7) is 4.92. The molecule has 2 aromatic rings. The van der Waals surface area contributed by atoms with Crippen LogP contribution in [-0.2, 0) is 10.0 Å². The van der Waals surface area contributed by atoms with Crippen molar-refractivity contribution in [1.29, 1.82) is 0 Å². The summed E-state index contributed by atoms with van der Waals surface area (Å²) in [5.41, 5.74) is 0.781. The number of sulfonamides is 1. The monoisotopic (exact) mass is 420 g/mol. The average molecular weight is 421 g/mol. The van der Waals surface area contributed by atoms with E-state index < -0.39 is 10.0 Å². The van der Waals surface area contributed by atoms with Crippen molar-refractivity contribution in [3.8, 4) is 5.75 Å². The first-order chi connectivity index (χ1) is 13.4. The number of benzene rings is 2. The fourth-order valence-corrected chi connectivity index (χ4v) is 4.92. The Morgan fingerprint density at radius 1 is 1.18 bits per heavy atom. The number of anilines is 1. The first-order valence-corrected chi connectivity index (χ1v) is 10.7. The highest BCUT2D eigenvalue weighted by molar-refractivity contribution is 7.89. The van der Waals surface area contributed by atoms with Gasteiger partial charge in [-0.1, -0.05) is 24.3 Å². The van der Waals surface area contributed by atoms with E-state index >= 15 is 0 Å². The average Bonchev–Trinajstić information content (AvgIpc) is 3.24. The van der Waals surface area contributed by atoms with Gasteiger partial charge in [0, 0.05) is 24.3 Å². The number of amides is 1. The molecule has 0 aliphatic carbocycles. The highest BCUT2D eigenvalue weighted by Gasteiger charge is 2.29. The minimum Gasteiger partial charge on any atom is -0.490 e. The third-order valence-corrected chi connectivity index (χ3v) is 6.74. The van der Waals surface area contributed by atoms with Gasteiger partial charge >= 0.3 is 0 Å². The Morgan fingerprint density at radius 2 is 1.86 bits per heavy atom. The van der Waals surface area contributed by atoms with Gasteiger partial charge in [-0.25, -0.2) is 8.42 Å². The van der Waals surface area contributed by atoms with E-state index in [0.29, 0.717) is 36.7 Å². The number of hydrogen-bond acceptors (Lipinski definition) is 4. The molecule has 148 valence electrons. The molecule has 8 heteroatoms. The first-order valence-electron chi connectivity index (χ1n) is 8.86. The van der Waals surface area contributed by atoms with Crippen LogP contribution in [0.15, 0.2) is 60.0 Å². The molecule has 3 rings (SSSR count). The van der Waals surface area contributed by atoms with E-state index in [0.717, 1.165) is 12.8 Å². The molecule has 28 heavy (non-hydrogen) atoms. The second-order valence-corrected chi connectivity index (χ2v) is 8.65.